The predicted molar refractivity (Wildman–Crippen MR) is 81.0 cm³/mol. The molecule has 2 amide bonds. The molecule has 1 aromatic heterocycles. The van der Waals surface area contributed by atoms with Crippen LogP contribution in [0.1, 0.15) is 40.2 Å². The first-order valence-electron chi connectivity index (χ1n) is 7.81. The third-order valence-corrected chi connectivity index (χ3v) is 4.67. The Morgan fingerprint density at radius 1 is 1.17 bits per heavy atom. The Bertz CT molecular complexity index is 627. The number of rotatable bonds is 2. The Morgan fingerprint density at radius 2 is 1.79 bits per heavy atom. The fourth-order valence-corrected chi connectivity index (χ4v) is 3.14. The zero-order valence-corrected chi connectivity index (χ0v) is 13.1. The topological polar surface area (TPSA) is 139 Å². The number of piperidine rings is 1. The van der Waals surface area contributed by atoms with Gasteiger partial charge >= 0.3 is 0 Å². The molecule has 2 fully saturated rings. The second-order valence-corrected chi connectivity index (χ2v) is 6.28. The number of carbonyl (C=O) groups is 2. The van der Waals surface area contributed by atoms with E-state index in [0.717, 1.165) is 0 Å². The molecule has 0 saturated carbocycles. The van der Waals surface area contributed by atoms with Gasteiger partial charge in [-0.25, -0.2) is 9.97 Å². The van der Waals surface area contributed by atoms with Crippen LogP contribution in [-0.4, -0.2) is 74.4 Å². The highest BCUT2D eigenvalue weighted by Crippen LogP contribution is 2.35. The summed E-state index contributed by atoms with van der Waals surface area (Å²) in [7, 11) is 0. The lowest BCUT2D eigenvalue weighted by atomic mass is 9.82. The van der Waals surface area contributed by atoms with Crippen LogP contribution in [0.4, 0.5) is 0 Å². The molecule has 1 aromatic rings. The number of hydrogen-bond donors (Lipinski definition) is 3. The van der Waals surface area contributed by atoms with E-state index in [1.165, 1.54) is 12.4 Å². The molecule has 0 radical (unpaired) electrons. The van der Waals surface area contributed by atoms with Gasteiger partial charge in [0.15, 0.2) is 0 Å². The van der Waals surface area contributed by atoms with Gasteiger partial charge in [0.25, 0.3) is 11.8 Å². The Balaban J connectivity index is 1.62. The van der Waals surface area contributed by atoms with E-state index < -0.39 is 23.7 Å². The number of nitrogens with zero attached hydrogens (tertiary/aromatic N) is 3. The maximum Gasteiger partial charge on any atom is 0.274 e. The lowest BCUT2D eigenvalue weighted by molar-refractivity contribution is -0.185. The summed E-state index contributed by atoms with van der Waals surface area (Å²) in [5.41, 5.74) is 4.76. The van der Waals surface area contributed by atoms with Crippen molar-refractivity contribution in [3.63, 3.8) is 0 Å². The molecule has 3 rings (SSSR count). The van der Waals surface area contributed by atoms with Crippen molar-refractivity contribution >= 4 is 11.8 Å². The van der Waals surface area contributed by atoms with E-state index in [-0.39, 0.29) is 23.9 Å². The maximum absolute atomic E-state index is 12.4. The van der Waals surface area contributed by atoms with E-state index in [9.17, 15) is 19.8 Å². The molecule has 24 heavy (non-hydrogen) atoms. The zero-order valence-electron chi connectivity index (χ0n) is 13.1. The summed E-state index contributed by atoms with van der Waals surface area (Å²) in [6.45, 7) is 1.02. The first-order valence-corrected chi connectivity index (χ1v) is 7.81. The van der Waals surface area contributed by atoms with E-state index in [1.807, 2.05) is 0 Å². The molecule has 4 N–H and O–H groups in total. The van der Waals surface area contributed by atoms with Crippen molar-refractivity contribution in [3.8, 4) is 0 Å². The molecule has 2 aliphatic heterocycles. The lowest BCUT2D eigenvalue weighted by Gasteiger charge is -2.46. The number of ether oxygens (including phenoxy) is 1. The normalized spacial score (nSPS) is 26.3. The molecule has 0 aromatic carbocycles. The molecule has 2 aliphatic rings. The van der Waals surface area contributed by atoms with E-state index >= 15 is 0 Å². The molecule has 1 spiro atoms. The van der Waals surface area contributed by atoms with Crippen molar-refractivity contribution in [2.24, 2.45) is 5.73 Å². The lowest BCUT2D eigenvalue weighted by Crippen LogP contribution is -2.55. The largest absolute Gasteiger partial charge is 0.390 e. The predicted octanol–water partition coefficient (Wildman–Crippen LogP) is -1.31. The van der Waals surface area contributed by atoms with Crippen molar-refractivity contribution in [1.29, 1.82) is 0 Å². The van der Waals surface area contributed by atoms with Gasteiger partial charge in [-0.2, -0.15) is 0 Å². The van der Waals surface area contributed by atoms with Gasteiger partial charge in [0, 0.05) is 19.5 Å². The van der Waals surface area contributed by atoms with Gasteiger partial charge in [0.1, 0.15) is 17.5 Å². The molecule has 0 unspecified atom stereocenters. The summed E-state index contributed by atoms with van der Waals surface area (Å²) >= 11 is 0. The van der Waals surface area contributed by atoms with Crippen molar-refractivity contribution in [2.75, 3.05) is 19.7 Å². The SMILES string of the molecule is NC(=O)c1cnc(C(=O)N2CCC3(CC2)C[C@@H](O)[C@@H](O)CO3)cn1. The van der Waals surface area contributed by atoms with Crippen LogP contribution in [0, 0.1) is 0 Å². The van der Waals surface area contributed by atoms with Crippen LogP contribution in [0.3, 0.4) is 0 Å². The number of primary amides is 1. The third-order valence-electron chi connectivity index (χ3n) is 4.67. The maximum atomic E-state index is 12.4. The third kappa shape index (κ3) is 3.23. The zero-order chi connectivity index (χ0) is 17.3. The molecule has 130 valence electrons. The molecule has 2 atom stereocenters. The van der Waals surface area contributed by atoms with Gasteiger partial charge in [-0.05, 0) is 12.8 Å². The van der Waals surface area contributed by atoms with Gasteiger partial charge in [0.2, 0.25) is 0 Å². The number of nitrogens with two attached hydrogens (primary N) is 1. The van der Waals surface area contributed by atoms with Gasteiger partial charge < -0.3 is 25.6 Å². The van der Waals surface area contributed by atoms with Crippen molar-refractivity contribution in [1.82, 2.24) is 14.9 Å². The Morgan fingerprint density at radius 3 is 2.33 bits per heavy atom. The number of hydrogen-bond acceptors (Lipinski definition) is 7. The highest BCUT2D eigenvalue weighted by molar-refractivity contribution is 5.93. The smallest absolute Gasteiger partial charge is 0.274 e. The average molecular weight is 336 g/mol. The number of amides is 2. The second kappa shape index (κ2) is 6.42. The van der Waals surface area contributed by atoms with Gasteiger partial charge in [0.05, 0.1) is 30.7 Å². The minimum Gasteiger partial charge on any atom is -0.390 e. The van der Waals surface area contributed by atoms with Crippen LogP contribution in [-0.2, 0) is 4.74 Å². The number of likely N-dealkylation sites (tertiary alicyclic amines) is 1. The number of carbonyl (C=O) groups excluding carboxylic acids is 2. The number of aliphatic hydroxyl groups is 2. The van der Waals surface area contributed by atoms with E-state index in [0.29, 0.717) is 32.4 Å². The van der Waals surface area contributed by atoms with Crippen molar-refractivity contribution in [3.05, 3.63) is 23.8 Å². The fourth-order valence-electron chi connectivity index (χ4n) is 3.14. The molecule has 2 saturated heterocycles. The van der Waals surface area contributed by atoms with Crippen LogP contribution in [0.25, 0.3) is 0 Å². The first kappa shape index (κ1) is 16.7. The summed E-state index contributed by atoms with van der Waals surface area (Å²) < 4.78 is 5.74. The summed E-state index contributed by atoms with van der Waals surface area (Å²) in [4.78, 5) is 32.8. The van der Waals surface area contributed by atoms with Crippen molar-refractivity contribution < 1.29 is 24.5 Å². The van der Waals surface area contributed by atoms with Crippen molar-refractivity contribution in [2.45, 2.75) is 37.1 Å². The monoisotopic (exact) mass is 336 g/mol. The summed E-state index contributed by atoms with van der Waals surface area (Å²) in [5, 5.41) is 19.4. The van der Waals surface area contributed by atoms with Crippen LogP contribution in [0.2, 0.25) is 0 Å². The standard InChI is InChI=1S/C15H20N4O5/c16-13(22)9-6-18-10(7-17-9)14(23)19-3-1-15(2-4-19)5-11(20)12(21)8-24-15/h6-7,11-12,20-21H,1-5,8H2,(H2,16,22)/t11-,12+/m1/s1. The minimum absolute atomic E-state index is 0.00676. The molecule has 9 nitrogen and oxygen atoms in total. The summed E-state index contributed by atoms with van der Waals surface area (Å²) in [6, 6.07) is 0. The van der Waals surface area contributed by atoms with Crippen LogP contribution in [0.15, 0.2) is 12.4 Å². The number of aliphatic hydroxyl groups excluding tert-OH is 2. The quantitative estimate of drug-likeness (QED) is 0.609. The molecule has 3 heterocycles. The van der Waals surface area contributed by atoms with Gasteiger partial charge in [-0.15, -0.1) is 0 Å². The van der Waals surface area contributed by atoms with E-state index in [4.69, 9.17) is 10.5 Å². The molecule has 0 bridgehead atoms. The molecular weight excluding hydrogens is 316 g/mol. The molecular formula is C15H20N4O5. The molecule has 9 heteroatoms. The molecule has 0 aliphatic carbocycles. The van der Waals surface area contributed by atoms with Crippen LogP contribution in [0.5, 0.6) is 0 Å². The Hall–Kier alpha value is -2.10. The van der Waals surface area contributed by atoms with Gasteiger partial charge in [-0.3, -0.25) is 9.59 Å². The Kier molecular flexibility index (Phi) is 4.48. The first-order chi connectivity index (χ1) is 11.4. The minimum atomic E-state index is -0.852. The second-order valence-electron chi connectivity index (χ2n) is 6.28. The van der Waals surface area contributed by atoms with E-state index in [1.54, 1.807) is 4.90 Å². The average Bonchev–Trinajstić information content (AvgIpc) is 2.59. The van der Waals surface area contributed by atoms with Crippen LogP contribution >= 0.6 is 0 Å². The number of aromatic nitrogens is 2. The van der Waals surface area contributed by atoms with Gasteiger partial charge in [-0.1, -0.05) is 0 Å². The highest BCUT2D eigenvalue weighted by Gasteiger charge is 2.43. The Labute approximate surface area is 138 Å². The summed E-state index contributed by atoms with van der Waals surface area (Å²) in [5.74, 6) is -0.971. The summed E-state index contributed by atoms with van der Waals surface area (Å²) in [6.07, 6.45) is 2.29. The van der Waals surface area contributed by atoms with Crippen LogP contribution < -0.4 is 5.73 Å². The fraction of sp³-hybridized carbons (Fsp3) is 0.600. The van der Waals surface area contributed by atoms with E-state index in [2.05, 4.69) is 9.97 Å². The highest BCUT2D eigenvalue weighted by atomic mass is 16.5.